The molecule has 4 nitrogen and oxygen atoms in total. The second-order valence-corrected chi connectivity index (χ2v) is 3.83. The number of hydrogen-bond donors (Lipinski definition) is 0. The van der Waals surface area contributed by atoms with Gasteiger partial charge in [0.1, 0.15) is 0 Å². The van der Waals surface area contributed by atoms with Crippen LogP contribution in [0.15, 0.2) is 12.7 Å². The molecule has 0 aromatic carbocycles. The summed E-state index contributed by atoms with van der Waals surface area (Å²) in [5, 5.41) is 0. The molecule has 1 aliphatic rings. The molecule has 1 atom stereocenters. The first-order valence-corrected chi connectivity index (χ1v) is 5.69. The summed E-state index contributed by atoms with van der Waals surface area (Å²) in [6, 6.07) is -0.147. The van der Waals surface area contributed by atoms with Crippen molar-refractivity contribution in [3.05, 3.63) is 12.7 Å². The quantitative estimate of drug-likeness (QED) is 0.241. The molecule has 17 heavy (non-hydrogen) atoms. The van der Waals surface area contributed by atoms with Crippen LogP contribution in [-0.4, -0.2) is 36.5 Å². The maximum absolute atomic E-state index is 11.6. The minimum atomic E-state index is -0.560. The van der Waals surface area contributed by atoms with E-state index in [1.807, 2.05) is 6.08 Å². The summed E-state index contributed by atoms with van der Waals surface area (Å²) in [5.74, 6) is 4.73. The van der Waals surface area contributed by atoms with Gasteiger partial charge in [-0.3, -0.25) is 4.79 Å². The second-order valence-electron chi connectivity index (χ2n) is 3.83. The van der Waals surface area contributed by atoms with E-state index in [0.29, 0.717) is 19.4 Å². The van der Waals surface area contributed by atoms with Crippen molar-refractivity contribution < 1.29 is 14.3 Å². The van der Waals surface area contributed by atoms with E-state index >= 15 is 0 Å². The fraction of sp³-hybridized carbons (Fsp3) is 0.538. The lowest BCUT2D eigenvalue weighted by Crippen LogP contribution is -2.33. The summed E-state index contributed by atoms with van der Waals surface area (Å²) in [7, 11) is 1.29. The molecule has 1 fully saturated rings. The molecule has 0 radical (unpaired) electrons. The first kappa shape index (κ1) is 13.3. The zero-order valence-corrected chi connectivity index (χ0v) is 10.1. The Hall–Kier alpha value is -1.76. The summed E-state index contributed by atoms with van der Waals surface area (Å²) in [4.78, 5) is 24.2. The average molecular weight is 235 g/mol. The van der Waals surface area contributed by atoms with Crippen LogP contribution in [0.1, 0.15) is 25.7 Å². The van der Waals surface area contributed by atoms with E-state index in [1.54, 1.807) is 4.90 Å². The van der Waals surface area contributed by atoms with Gasteiger partial charge in [0.2, 0.25) is 5.91 Å². The summed E-state index contributed by atoms with van der Waals surface area (Å²) in [6.07, 6.45) is 4.79. The number of hydrogen-bond acceptors (Lipinski definition) is 3. The molecule has 0 bridgehead atoms. The minimum absolute atomic E-state index is 0.109. The van der Waals surface area contributed by atoms with Crippen molar-refractivity contribution in [2.45, 2.75) is 31.7 Å². The van der Waals surface area contributed by atoms with E-state index in [2.05, 4.69) is 23.2 Å². The predicted molar refractivity (Wildman–Crippen MR) is 64.0 cm³/mol. The van der Waals surface area contributed by atoms with Gasteiger partial charge in [-0.15, -0.1) is 6.58 Å². The maximum Gasteiger partial charge on any atom is 0.384 e. The molecule has 92 valence electrons. The van der Waals surface area contributed by atoms with Gasteiger partial charge >= 0.3 is 5.97 Å². The van der Waals surface area contributed by atoms with Crippen molar-refractivity contribution in [2.75, 3.05) is 13.7 Å². The number of carbonyl (C=O) groups excluding carboxylic acids is 2. The van der Waals surface area contributed by atoms with Crippen LogP contribution in [0.2, 0.25) is 0 Å². The minimum Gasteiger partial charge on any atom is -0.459 e. The number of methoxy groups -OCH3 is 1. The number of carbonyl (C=O) groups is 2. The van der Waals surface area contributed by atoms with Crippen LogP contribution in [0.5, 0.6) is 0 Å². The van der Waals surface area contributed by atoms with Crippen molar-refractivity contribution in [1.82, 2.24) is 4.90 Å². The number of rotatable bonds is 4. The Morgan fingerprint density at radius 1 is 1.71 bits per heavy atom. The summed E-state index contributed by atoms with van der Waals surface area (Å²) >= 11 is 0. The Balaban J connectivity index is 2.57. The molecule has 1 saturated heterocycles. The monoisotopic (exact) mass is 235 g/mol. The van der Waals surface area contributed by atoms with Gasteiger partial charge in [0.05, 0.1) is 13.2 Å². The van der Waals surface area contributed by atoms with Crippen LogP contribution in [0.3, 0.4) is 0 Å². The fourth-order valence-electron chi connectivity index (χ4n) is 1.76. The Morgan fingerprint density at radius 2 is 2.47 bits per heavy atom. The van der Waals surface area contributed by atoms with Crippen molar-refractivity contribution >= 4 is 11.9 Å². The van der Waals surface area contributed by atoms with E-state index in [-0.39, 0.29) is 11.9 Å². The van der Waals surface area contributed by atoms with Crippen LogP contribution in [0.4, 0.5) is 0 Å². The third-order valence-corrected chi connectivity index (χ3v) is 2.66. The van der Waals surface area contributed by atoms with E-state index in [4.69, 9.17) is 0 Å². The van der Waals surface area contributed by atoms with Gasteiger partial charge in [0.15, 0.2) is 0 Å². The standard InChI is InChI=1S/C13H17NO3/c1-3-4-5-10-14-11(6-8-12(14)15)7-9-13(16)17-2/h3,11H,1,4-6,8,10H2,2H3/t11-/m1/s1. The van der Waals surface area contributed by atoms with Gasteiger partial charge in [-0.05, 0) is 19.3 Å². The van der Waals surface area contributed by atoms with Crippen LogP contribution < -0.4 is 0 Å². The molecular formula is C13H17NO3. The van der Waals surface area contributed by atoms with Crippen LogP contribution >= 0.6 is 0 Å². The number of ether oxygens (including phenoxy) is 1. The highest BCUT2D eigenvalue weighted by Gasteiger charge is 2.28. The van der Waals surface area contributed by atoms with Crippen molar-refractivity contribution in [1.29, 1.82) is 0 Å². The molecule has 1 rings (SSSR count). The lowest BCUT2D eigenvalue weighted by atomic mass is 10.2. The average Bonchev–Trinajstić information content (AvgIpc) is 2.68. The number of unbranched alkanes of at least 4 members (excludes halogenated alkanes) is 1. The van der Waals surface area contributed by atoms with Gasteiger partial charge in [0.25, 0.3) is 0 Å². The Morgan fingerprint density at radius 3 is 3.12 bits per heavy atom. The molecule has 4 heteroatoms. The molecule has 0 N–H and O–H groups in total. The topological polar surface area (TPSA) is 46.6 Å². The molecule has 0 aliphatic carbocycles. The Kier molecular flexibility index (Phi) is 5.28. The summed E-state index contributed by atoms with van der Waals surface area (Å²) in [6.45, 7) is 4.31. The number of esters is 1. The number of amides is 1. The number of nitrogens with zero attached hydrogens (tertiary/aromatic N) is 1. The Bertz CT molecular complexity index is 365. The second kappa shape index (κ2) is 6.74. The normalized spacial score (nSPS) is 18.5. The number of allylic oxidation sites excluding steroid dienone is 1. The molecule has 0 aromatic heterocycles. The lowest BCUT2D eigenvalue weighted by Gasteiger charge is -2.20. The molecule has 0 aromatic rings. The SMILES string of the molecule is C=CCCCN1C(=O)CC[C@@H]1C#CC(=O)OC. The summed E-state index contributed by atoms with van der Waals surface area (Å²) < 4.78 is 4.44. The highest BCUT2D eigenvalue weighted by molar-refractivity contribution is 5.88. The number of likely N-dealkylation sites (tertiary alicyclic amines) is 1. The molecule has 1 heterocycles. The first-order valence-electron chi connectivity index (χ1n) is 5.69. The van der Waals surface area contributed by atoms with Crippen LogP contribution in [-0.2, 0) is 14.3 Å². The molecule has 1 aliphatic heterocycles. The van der Waals surface area contributed by atoms with Gasteiger partial charge < -0.3 is 9.64 Å². The first-order chi connectivity index (χ1) is 8.19. The predicted octanol–water partition coefficient (Wildman–Crippen LogP) is 1.12. The van der Waals surface area contributed by atoms with Crippen molar-refractivity contribution in [3.8, 4) is 11.8 Å². The van der Waals surface area contributed by atoms with Crippen molar-refractivity contribution in [3.63, 3.8) is 0 Å². The van der Waals surface area contributed by atoms with E-state index in [0.717, 1.165) is 12.8 Å². The van der Waals surface area contributed by atoms with E-state index in [9.17, 15) is 9.59 Å². The van der Waals surface area contributed by atoms with Gasteiger partial charge in [-0.2, -0.15) is 0 Å². The lowest BCUT2D eigenvalue weighted by molar-refractivity contribution is -0.134. The van der Waals surface area contributed by atoms with E-state index in [1.165, 1.54) is 7.11 Å². The van der Waals surface area contributed by atoms with Crippen LogP contribution in [0, 0.1) is 11.8 Å². The van der Waals surface area contributed by atoms with Gasteiger partial charge in [-0.1, -0.05) is 12.0 Å². The molecule has 1 amide bonds. The van der Waals surface area contributed by atoms with Gasteiger partial charge in [-0.25, -0.2) is 4.79 Å². The maximum atomic E-state index is 11.6. The molecular weight excluding hydrogens is 218 g/mol. The third-order valence-electron chi connectivity index (χ3n) is 2.66. The van der Waals surface area contributed by atoms with E-state index < -0.39 is 5.97 Å². The largest absolute Gasteiger partial charge is 0.459 e. The zero-order chi connectivity index (χ0) is 12.7. The highest BCUT2D eigenvalue weighted by atomic mass is 16.5. The zero-order valence-electron chi connectivity index (χ0n) is 10.1. The third kappa shape index (κ3) is 3.95. The molecule has 0 unspecified atom stereocenters. The van der Waals surface area contributed by atoms with Gasteiger partial charge in [0, 0.05) is 18.9 Å². The molecule has 0 saturated carbocycles. The van der Waals surface area contributed by atoms with Crippen molar-refractivity contribution in [2.24, 2.45) is 0 Å². The fourth-order valence-corrected chi connectivity index (χ4v) is 1.76. The smallest absolute Gasteiger partial charge is 0.384 e. The van der Waals surface area contributed by atoms with Crippen LogP contribution in [0.25, 0.3) is 0 Å². The Labute approximate surface area is 102 Å². The summed E-state index contributed by atoms with van der Waals surface area (Å²) in [5.41, 5.74) is 0. The highest BCUT2D eigenvalue weighted by Crippen LogP contribution is 2.18. The molecule has 0 spiro atoms.